The van der Waals surface area contributed by atoms with Gasteiger partial charge < -0.3 is 10.4 Å². The highest BCUT2D eigenvalue weighted by atomic mass is 35.5. The Morgan fingerprint density at radius 1 is 1.22 bits per heavy atom. The van der Waals surface area contributed by atoms with E-state index in [1.165, 1.54) is 17.9 Å². The van der Waals surface area contributed by atoms with Gasteiger partial charge in [-0.25, -0.2) is 4.79 Å². The van der Waals surface area contributed by atoms with Crippen molar-refractivity contribution >= 4 is 40.9 Å². The highest BCUT2D eigenvalue weighted by molar-refractivity contribution is 6.35. The van der Waals surface area contributed by atoms with Crippen molar-refractivity contribution in [1.29, 1.82) is 0 Å². The Morgan fingerprint density at radius 3 is 2.63 bits per heavy atom. The van der Waals surface area contributed by atoms with Crippen LogP contribution in [0.1, 0.15) is 32.1 Å². The van der Waals surface area contributed by atoms with Gasteiger partial charge in [-0.05, 0) is 24.6 Å². The van der Waals surface area contributed by atoms with E-state index in [9.17, 15) is 14.7 Å². The Balaban J connectivity index is 1.80. The molecule has 27 heavy (non-hydrogen) atoms. The van der Waals surface area contributed by atoms with Crippen molar-refractivity contribution in [3.63, 3.8) is 0 Å². The lowest BCUT2D eigenvalue weighted by molar-refractivity contribution is 0.0692. The van der Waals surface area contributed by atoms with Crippen molar-refractivity contribution in [2.45, 2.75) is 13.5 Å². The van der Waals surface area contributed by atoms with Gasteiger partial charge in [0.05, 0.1) is 6.54 Å². The standard InChI is InChI=1S/C17H15Cl2N5O3/c1-9-5-14(20-16(25)15-12(17(26)27)8-23(2)22-15)21-24(9)7-10-3-4-11(18)6-13(10)19/h3-6,8H,7H2,1-2H3,(H,26,27)(H,20,21,25). The molecule has 0 saturated carbocycles. The quantitative estimate of drug-likeness (QED) is 0.675. The van der Waals surface area contributed by atoms with Gasteiger partial charge >= 0.3 is 5.97 Å². The zero-order valence-corrected chi connectivity index (χ0v) is 15.9. The van der Waals surface area contributed by atoms with Crippen LogP contribution in [0.15, 0.2) is 30.5 Å². The summed E-state index contributed by atoms with van der Waals surface area (Å²) in [6.07, 6.45) is 1.27. The summed E-state index contributed by atoms with van der Waals surface area (Å²) in [6, 6.07) is 6.86. The SMILES string of the molecule is Cc1cc(NC(=O)c2nn(C)cc2C(=O)O)nn1Cc1ccc(Cl)cc1Cl. The molecule has 0 bridgehead atoms. The molecule has 3 rings (SSSR count). The molecular weight excluding hydrogens is 393 g/mol. The van der Waals surface area contributed by atoms with Gasteiger partial charge in [0.2, 0.25) is 0 Å². The molecule has 3 aromatic rings. The molecule has 0 aliphatic carbocycles. The zero-order chi connectivity index (χ0) is 19.7. The van der Waals surface area contributed by atoms with E-state index >= 15 is 0 Å². The van der Waals surface area contributed by atoms with E-state index in [1.54, 1.807) is 28.9 Å². The van der Waals surface area contributed by atoms with Gasteiger partial charge in [-0.15, -0.1) is 0 Å². The molecule has 0 atom stereocenters. The Hall–Kier alpha value is -2.84. The number of nitrogens with zero attached hydrogens (tertiary/aromatic N) is 4. The lowest BCUT2D eigenvalue weighted by Crippen LogP contribution is -2.17. The maximum absolute atomic E-state index is 12.4. The van der Waals surface area contributed by atoms with Crippen molar-refractivity contribution < 1.29 is 14.7 Å². The highest BCUT2D eigenvalue weighted by Gasteiger charge is 2.22. The number of anilines is 1. The number of aryl methyl sites for hydroxylation is 2. The predicted octanol–water partition coefficient (Wildman–Crippen LogP) is 3.23. The van der Waals surface area contributed by atoms with E-state index in [2.05, 4.69) is 15.5 Å². The van der Waals surface area contributed by atoms with Crippen molar-refractivity contribution in [3.8, 4) is 0 Å². The summed E-state index contributed by atoms with van der Waals surface area (Å²) in [7, 11) is 1.54. The molecule has 2 N–H and O–H groups in total. The van der Waals surface area contributed by atoms with E-state index in [-0.39, 0.29) is 17.1 Å². The van der Waals surface area contributed by atoms with E-state index < -0.39 is 11.9 Å². The molecule has 0 aliphatic heterocycles. The number of benzene rings is 1. The fourth-order valence-corrected chi connectivity index (χ4v) is 3.00. The molecule has 0 spiro atoms. The smallest absolute Gasteiger partial charge is 0.339 e. The number of rotatable bonds is 5. The summed E-state index contributed by atoms with van der Waals surface area (Å²) in [5.74, 6) is -1.60. The van der Waals surface area contributed by atoms with Gasteiger partial charge in [-0.2, -0.15) is 10.2 Å². The van der Waals surface area contributed by atoms with Crippen molar-refractivity contribution in [2.24, 2.45) is 7.05 Å². The normalized spacial score (nSPS) is 10.8. The second-order valence-corrected chi connectivity index (χ2v) is 6.73. The summed E-state index contributed by atoms with van der Waals surface area (Å²) >= 11 is 12.1. The summed E-state index contributed by atoms with van der Waals surface area (Å²) in [5.41, 5.74) is 1.25. The summed E-state index contributed by atoms with van der Waals surface area (Å²) in [5, 5.41) is 21.0. The van der Waals surface area contributed by atoms with Crippen LogP contribution in [-0.4, -0.2) is 36.5 Å². The number of carbonyl (C=O) groups excluding carboxylic acids is 1. The maximum Gasteiger partial charge on any atom is 0.339 e. The minimum absolute atomic E-state index is 0.181. The number of carbonyl (C=O) groups is 2. The van der Waals surface area contributed by atoms with Crippen LogP contribution in [0.5, 0.6) is 0 Å². The number of aromatic carboxylic acids is 1. The molecule has 0 radical (unpaired) electrons. The summed E-state index contributed by atoms with van der Waals surface area (Å²) < 4.78 is 2.94. The Labute approximate surface area is 164 Å². The van der Waals surface area contributed by atoms with E-state index in [0.717, 1.165) is 11.3 Å². The number of halogens is 2. The predicted molar refractivity (Wildman–Crippen MR) is 101 cm³/mol. The molecule has 1 amide bonds. The number of hydrogen-bond donors (Lipinski definition) is 2. The second-order valence-electron chi connectivity index (χ2n) is 5.89. The van der Waals surface area contributed by atoms with Gasteiger partial charge in [0, 0.05) is 35.1 Å². The largest absolute Gasteiger partial charge is 0.478 e. The van der Waals surface area contributed by atoms with Gasteiger partial charge in [-0.3, -0.25) is 14.2 Å². The van der Waals surface area contributed by atoms with Gasteiger partial charge in [0.1, 0.15) is 5.56 Å². The molecule has 10 heteroatoms. The molecular formula is C17H15Cl2N5O3. The van der Waals surface area contributed by atoms with Crippen LogP contribution in [-0.2, 0) is 13.6 Å². The number of nitrogens with one attached hydrogen (secondary N) is 1. The number of aromatic nitrogens is 4. The Morgan fingerprint density at radius 2 is 1.96 bits per heavy atom. The van der Waals surface area contributed by atoms with Crippen molar-refractivity contribution in [1.82, 2.24) is 19.6 Å². The molecule has 1 aromatic carbocycles. The first-order valence-electron chi connectivity index (χ1n) is 7.81. The fraction of sp³-hybridized carbons (Fsp3) is 0.176. The molecule has 2 heterocycles. The van der Waals surface area contributed by atoms with Crippen molar-refractivity contribution in [3.05, 3.63) is 63.0 Å². The average Bonchev–Trinajstić information content (AvgIpc) is 3.13. The molecule has 0 fully saturated rings. The number of amides is 1. The first-order chi connectivity index (χ1) is 12.7. The topological polar surface area (TPSA) is 102 Å². The fourth-order valence-electron chi connectivity index (χ4n) is 2.53. The van der Waals surface area contributed by atoms with Gasteiger partial charge in [0.15, 0.2) is 11.5 Å². The molecule has 0 unspecified atom stereocenters. The van der Waals surface area contributed by atoms with Crippen LogP contribution in [0.25, 0.3) is 0 Å². The average molecular weight is 408 g/mol. The van der Waals surface area contributed by atoms with E-state index in [0.29, 0.717) is 16.6 Å². The van der Waals surface area contributed by atoms with Crippen LogP contribution in [0.4, 0.5) is 5.82 Å². The van der Waals surface area contributed by atoms with Gasteiger partial charge in [-0.1, -0.05) is 29.3 Å². The lowest BCUT2D eigenvalue weighted by atomic mass is 10.2. The molecule has 140 valence electrons. The third-order valence-corrected chi connectivity index (χ3v) is 4.42. The minimum atomic E-state index is -1.23. The Kier molecular flexibility index (Phi) is 5.20. The van der Waals surface area contributed by atoms with E-state index in [4.69, 9.17) is 23.2 Å². The molecule has 2 aromatic heterocycles. The monoisotopic (exact) mass is 407 g/mol. The highest BCUT2D eigenvalue weighted by Crippen LogP contribution is 2.22. The molecule has 8 nitrogen and oxygen atoms in total. The Bertz CT molecular complexity index is 1040. The first kappa shape index (κ1) is 18.9. The number of carboxylic acids is 1. The van der Waals surface area contributed by atoms with E-state index in [1.807, 2.05) is 6.92 Å². The number of carboxylic acid groups (broad SMARTS) is 1. The van der Waals surface area contributed by atoms with Crippen LogP contribution < -0.4 is 5.32 Å². The second kappa shape index (κ2) is 7.42. The maximum atomic E-state index is 12.4. The zero-order valence-electron chi connectivity index (χ0n) is 14.4. The van der Waals surface area contributed by atoms with Crippen LogP contribution in [0, 0.1) is 6.92 Å². The van der Waals surface area contributed by atoms with Crippen LogP contribution in [0.2, 0.25) is 10.0 Å². The number of hydrogen-bond acceptors (Lipinski definition) is 4. The summed E-state index contributed by atoms with van der Waals surface area (Å²) in [4.78, 5) is 23.6. The van der Waals surface area contributed by atoms with Crippen LogP contribution in [0.3, 0.4) is 0 Å². The molecule has 0 aliphatic rings. The minimum Gasteiger partial charge on any atom is -0.478 e. The first-order valence-corrected chi connectivity index (χ1v) is 8.57. The van der Waals surface area contributed by atoms with Crippen molar-refractivity contribution in [2.75, 3.05) is 5.32 Å². The van der Waals surface area contributed by atoms with Crippen LogP contribution >= 0.6 is 23.2 Å². The van der Waals surface area contributed by atoms with Gasteiger partial charge in [0.25, 0.3) is 5.91 Å². The third-order valence-electron chi connectivity index (χ3n) is 3.83. The summed E-state index contributed by atoms with van der Waals surface area (Å²) in [6.45, 7) is 2.22. The third kappa shape index (κ3) is 4.12. The lowest BCUT2D eigenvalue weighted by Gasteiger charge is -2.07. The molecule has 0 saturated heterocycles.